The van der Waals surface area contributed by atoms with E-state index in [-0.39, 0.29) is 37.4 Å². The lowest BCUT2D eigenvalue weighted by atomic mass is 10.2. The summed E-state index contributed by atoms with van der Waals surface area (Å²) in [6.45, 7) is 1.31. The van der Waals surface area contributed by atoms with Gasteiger partial charge in [0.05, 0.1) is 20.0 Å². The second-order valence-corrected chi connectivity index (χ2v) is 11.6. The number of ether oxygens (including phenoxy) is 1. The highest BCUT2D eigenvalue weighted by atomic mass is 35.5. The number of halogens is 3. The first-order chi connectivity index (χ1) is 19.1. The number of rotatable bonds is 11. The largest absolute Gasteiger partial charge is 0.437 e. The van der Waals surface area contributed by atoms with Crippen molar-refractivity contribution >= 4 is 62.1 Å². The molecule has 1 amide bonds. The van der Waals surface area contributed by atoms with Gasteiger partial charge in [0.25, 0.3) is 15.9 Å². The van der Waals surface area contributed by atoms with Crippen LogP contribution in [0, 0.1) is 0 Å². The number of anilines is 2. The molecule has 1 heterocycles. The van der Waals surface area contributed by atoms with Gasteiger partial charge in [0.2, 0.25) is 5.88 Å². The lowest BCUT2D eigenvalue weighted by Crippen LogP contribution is -2.28. The molecule has 2 N–H and O–H groups in total. The normalized spacial score (nSPS) is 11.1. The van der Waals surface area contributed by atoms with Gasteiger partial charge in [0, 0.05) is 37.6 Å². The fraction of sp³-hybridized carbons (Fsp3) is 0.143. The summed E-state index contributed by atoms with van der Waals surface area (Å²) in [5.41, 5.74) is 1.58. The molecule has 4 aromatic rings. The molecule has 0 atom stereocenters. The fourth-order valence-corrected chi connectivity index (χ4v) is 5.24. The minimum Gasteiger partial charge on any atom is -0.437 e. The highest BCUT2D eigenvalue weighted by Gasteiger charge is 2.20. The van der Waals surface area contributed by atoms with Crippen LogP contribution in [0.15, 0.2) is 90.0 Å². The molecule has 0 aliphatic heterocycles. The molecule has 1 aromatic heterocycles. The van der Waals surface area contributed by atoms with Crippen LogP contribution in [0.25, 0.3) is 0 Å². The van der Waals surface area contributed by atoms with Crippen LogP contribution in [0.5, 0.6) is 11.6 Å². The first-order valence-corrected chi connectivity index (χ1v) is 14.7. The quantitative estimate of drug-likeness (QED) is 0.177. The summed E-state index contributed by atoms with van der Waals surface area (Å²) in [7, 11) is -2.05. The molecule has 0 unspecified atom stereocenters. The first-order valence-electron chi connectivity index (χ1n) is 12.1. The minimum atomic E-state index is -4.06. The third-order valence-electron chi connectivity index (χ3n) is 5.75. The average molecular weight is 620 g/mol. The van der Waals surface area contributed by atoms with E-state index in [1.807, 2.05) is 37.4 Å². The van der Waals surface area contributed by atoms with Crippen LogP contribution in [-0.2, 0) is 10.0 Å². The Morgan fingerprint density at radius 2 is 1.68 bits per heavy atom. The van der Waals surface area contributed by atoms with E-state index in [4.69, 9.17) is 39.5 Å². The Morgan fingerprint density at radius 1 is 0.950 bits per heavy atom. The summed E-state index contributed by atoms with van der Waals surface area (Å²) >= 11 is 17.9. The van der Waals surface area contributed by atoms with E-state index in [0.717, 1.165) is 18.7 Å². The number of hydrogen-bond donors (Lipinski definition) is 2. The Bertz CT molecular complexity index is 1590. The zero-order chi connectivity index (χ0) is 28.7. The number of nitrogens with one attached hydrogen (secondary N) is 2. The van der Waals surface area contributed by atoms with E-state index in [9.17, 15) is 13.2 Å². The van der Waals surface area contributed by atoms with Gasteiger partial charge in [-0.1, -0.05) is 53.0 Å². The smallest absolute Gasteiger partial charge is 0.262 e. The molecule has 12 heteroatoms. The Morgan fingerprint density at radius 3 is 2.38 bits per heavy atom. The van der Waals surface area contributed by atoms with Gasteiger partial charge < -0.3 is 15.0 Å². The first kappa shape index (κ1) is 29.5. The molecule has 0 radical (unpaired) electrons. The molecular formula is C28H25Cl3N4O4S. The van der Waals surface area contributed by atoms with Crippen molar-refractivity contribution < 1.29 is 17.9 Å². The lowest BCUT2D eigenvalue weighted by Gasteiger charge is -2.19. The number of pyridine rings is 1. The number of amides is 1. The van der Waals surface area contributed by atoms with Crippen LogP contribution < -0.4 is 19.7 Å². The van der Waals surface area contributed by atoms with Crippen molar-refractivity contribution in [2.24, 2.45) is 0 Å². The van der Waals surface area contributed by atoms with E-state index in [0.29, 0.717) is 17.9 Å². The Balaban J connectivity index is 1.37. The van der Waals surface area contributed by atoms with Gasteiger partial charge in [-0.05, 0) is 67.1 Å². The molecule has 0 saturated carbocycles. The maximum Gasteiger partial charge on any atom is 0.262 e. The van der Waals surface area contributed by atoms with Crippen LogP contribution in [0.2, 0.25) is 15.1 Å². The predicted molar refractivity (Wildman–Crippen MR) is 160 cm³/mol. The summed E-state index contributed by atoms with van der Waals surface area (Å²) in [6.07, 6.45) is 2.10. The standard InChI is InChI=1S/C28H25Cl3N4O4S/c1-35(21-6-3-2-4-7-21)15-5-14-32-27(36)19-8-10-22(11-9-19)39-28-26(16-20(29)18-33-28)34-40(37,38)23-12-13-24(30)25(31)17-23/h2-4,6-13,16-18,34H,5,14-15H2,1H3,(H,32,36). The average Bonchev–Trinajstić information content (AvgIpc) is 2.94. The van der Waals surface area contributed by atoms with Gasteiger partial charge in [-0.25, -0.2) is 13.4 Å². The Labute approximate surface area is 247 Å². The summed E-state index contributed by atoms with van der Waals surface area (Å²) in [4.78, 5) is 18.7. The number of hydrogen-bond acceptors (Lipinski definition) is 6. The van der Waals surface area contributed by atoms with E-state index in [1.165, 1.54) is 30.5 Å². The summed E-state index contributed by atoms with van der Waals surface area (Å²) in [6, 6.07) is 21.7. The van der Waals surface area contributed by atoms with Crippen LogP contribution in [-0.4, -0.2) is 39.4 Å². The second kappa shape index (κ2) is 13.2. The van der Waals surface area contributed by atoms with Crippen molar-refractivity contribution in [2.45, 2.75) is 11.3 Å². The van der Waals surface area contributed by atoms with Crippen molar-refractivity contribution in [3.63, 3.8) is 0 Å². The van der Waals surface area contributed by atoms with Crippen molar-refractivity contribution in [1.29, 1.82) is 0 Å². The van der Waals surface area contributed by atoms with Crippen molar-refractivity contribution in [3.8, 4) is 11.6 Å². The van der Waals surface area contributed by atoms with Crippen molar-refractivity contribution in [3.05, 3.63) is 106 Å². The molecule has 0 bridgehead atoms. The number of carbonyl (C=O) groups is 1. The monoisotopic (exact) mass is 618 g/mol. The highest BCUT2D eigenvalue weighted by molar-refractivity contribution is 7.92. The van der Waals surface area contributed by atoms with Crippen molar-refractivity contribution in [1.82, 2.24) is 10.3 Å². The molecule has 0 saturated heterocycles. The third-order valence-corrected chi connectivity index (χ3v) is 8.06. The van der Waals surface area contributed by atoms with Crippen LogP contribution in [0.4, 0.5) is 11.4 Å². The summed E-state index contributed by atoms with van der Waals surface area (Å²) < 4.78 is 34.1. The van der Waals surface area contributed by atoms with Gasteiger partial charge in [-0.15, -0.1) is 0 Å². The van der Waals surface area contributed by atoms with Gasteiger partial charge in [-0.3, -0.25) is 9.52 Å². The van der Waals surface area contributed by atoms with Crippen LogP contribution in [0.3, 0.4) is 0 Å². The maximum atomic E-state index is 12.9. The number of carbonyl (C=O) groups excluding carboxylic acids is 1. The lowest BCUT2D eigenvalue weighted by molar-refractivity contribution is 0.0953. The predicted octanol–water partition coefficient (Wildman–Crippen LogP) is 6.89. The van der Waals surface area contributed by atoms with E-state index in [1.54, 1.807) is 24.3 Å². The van der Waals surface area contributed by atoms with Crippen molar-refractivity contribution in [2.75, 3.05) is 29.8 Å². The van der Waals surface area contributed by atoms with Gasteiger partial charge in [-0.2, -0.15) is 0 Å². The molecule has 40 heavy (non-hydrogen) atoms. The minimum absolute atomic E-state index is 0.0147. The number of nitrogens with zero attached hydrogens (tertiary/aromatic N) is 2. The highest BCUT2D eigenvalue weighted by Crippen LogP contribution is 2.32. The number of aromatic nitrogens is 1. The number of para-hydroxylation sites is 1. The molecule has 208 valence electrons. The summed E-state index contributed by atoms with van der Waals surface area (Å²) in [5.74, 6) is 0.0900. The molecule has 0 aliphatic carbocycles. The van der Waals surface area contributed by atoms with Crippen LogP contribution in [0.1, 0.15) is 16.8 Å². The molecule has 8 nitrogen and oxygen atoms in total. The molecule has 0 spiro atoms. The molecule has 3 aromatic carbocycles. The zero-order valence-electron chi connectivity index (χ0n) is 21.3. The van der Waals surface area contributed by atoms with E-state index >= 15 is 0 Å². The zero-order valence-corrected chi connectivity index (χ0v) is 24.4. The maximum absolute atomic E-state index is 12.9. The fourth-order valence-electron chi connectivity index (χ4n) is 3.65. The van der Waals surface area contributed by atoms with Gasteiger partial charge in [0.15, 0.2) is 0 Å². The topological polar surface area (TPSA) is 101 Å². The second-order valence-electron chi connectivity index (χ2n) is 8.68. The number of sulfonamides is 1. The molecular weight excluding hydrogens is 595 g/mol. The molecule has 0 aliphatic rings. The third kappa shape index (κ3) is 7.79. The Hall–Kier alpha value is -3.50. The van der Waals surface area contributed by atoms with Gasteiger partial charge in [0.1, 0.15) is 11.4 Å². The summed E-state index contributed by atoms with van der Waals surface area (Å²) in [5, 5.41) is 3.42. The number of benzene rings is 3. The van der Waals surface area contributed by atoms with Crippen LogP contribution >= 0.6 is 34.8 Å². The Kier molecular flexibility index (Phi) is 9.76. The van der Waals surface area contributed by atoms with Gasteiger partial charge >= 0.3 is 0 Å². The van der Waals surface area contributed by atoms with E-state index < -0.39 is 10.0 Å². The molecule has 4 rings (SSSR count). The van der Waals surface area contributed by atoms with E-state index in [2.05, 4.69) is 19.9 Å². The molecule has 0 fully saturated rings. The SMILES string of the molecule is CN(CCCNC(=O)c1ccc(Oc2ncc(Cl)cc2NS(=O)(=O)c2ccc(Cl)c(Cl)c2)cc1)c1ccccc1.